The number of nitrogens with two attached hydrogens (primary N) is 1. The summed E-state index contributed by atoms with van der Waals surface area (Å²) >= 11 is 0. The van der Waals surface area contributed by atoms with Gasteiger partial charge in [-0.2, -0.15) is 4.98 Å². The van der Waals surface area contributed by atoms with Crippen molar-refractivity contribution in [2.45, 2.75) is 13.0 Å². The van der Waals surface area contributed by atoms with Gasteiger partial charge in [-0.05, 0) is 23.8 Å². The van der Waals surface area contributed by atoms with Crippen LogP contribution in [-0.4, -0.2) is 40.7 Å². The average molecular weight is 414 g/mol. The van der Waals surface area contributed by atoms with E-state index in [0.717, 1.165) is 24.2 Å². The van der Waals surface area contributed by atoms with Crippen LogP contribution in [0.4, 0.5) is 11.8 Å². The minimum atomic E-state index is 0.374. The predicted molar refractivity (Wildman–Crippen MR) is 119 cm³/mol. The fraction of sp³-hybridized carbons (Fsp3) is 0.217. The van der Waals surface area contributed by atoms with Crippen LogP contribution in [-0.2, 0) is 13.0 Å². The number of ether oxygens (including phenoxy) is 2. The van der Waals surface area contributed by atoms with Crippen LogP contribution in [0.1, 0.15) is 11.3 Å². The SMILES string of the molecule is COc1cc2nc(N3CCc4ncccc4C3)nc(N)c2c(-c2ccccn2)c1OC. The minimum absolute atomic E-state index is 0.374. The van der Waals surface area contributed by atoms with Gasteiger partial charge >= 0.3 is 0 Å². The molecule has 0 amide bonds. The summed E-state index contributed by atoms with van der Waals surface area (Å²) in [5.74, 6) is 2.07. The van der Waals surface area contributed by atoms with E-state index in [1.165, 1.54) is 5.56 Å². The highest BCUT2D eigenvalue weighted by molar-refractivity contribution is 6.05. The monoisotopic (exact) mass is 414 g/mol. The van der Waals surface area contributed by atoms with E-state index in [9.17, 15) is 0 Å². The number of hydrogen-bond acceptors (Lipinski definition) is 8. The van der Waals surface area contributed by atoms with E-state index in [-0.39, 0.29) is 0 Å². The molecule has 0 saturated carbocycles. The molecule has 8 heteroatoms. The number of benzene rings is 1. The van der Waals surface area contributed by atoms with E-state index in [0.29, 0.717) is 46.4 Å². The van der Waals surface area contributed by atoms with Crippen LogP contribution >= 0.6 is 0 Å². The van der Waals surface area contributed by atoms with Crippen LogP contribution in [0.15, 0.2) is 48.8 Å². The van der Waals surface area contributed by atoms with Crippen molar-refractivity contribution in [2.75, 3.05) is 31.4 Å². The molecular formula is C23H22N6O2. The van der Waals surface area contributed by atoms with Gasteiger partial charge in [0.25, 0.3) is 0 Å². The molecule has 0 spiro atoms. The summed E-state index contributed by atoms with van der Waals surface area (Å²) in [5.41, 5.74) is 10.9. The average Bonchev–Trinajstić information content (AvgIpc) is 2.82. The van der Waals surface area contributed by atoms with Crippen molar-refractivity contribution < 1.29 is 9.47 Å². The van der Waals surface area contributed by atoms with Crippen molar-refractivity contribution in [3.63, 3.8) is 0 Å². The zero-order valence-electron chi connectivity index (χ0n) is 17.4. The molecule has 1 aromatic carbocycles. The van der Waals surface area contributed by atoms with Gasteiger partial charge < -0.3 is 20.1 Å². The van der Waals surface area contributed by atoms with Crippen LogP contribution in [0.2, 0.25) is 0 Å². The Kier molecular flexibility index (Phi) is 4.74. The Hall–Kier alpha value is -3.94. The summed E-state index contributed by atoms with van der Waals surface area (Å²) in [4.78, 5) is 20.6. The second-order valence-corrected chi connectivity index (χ2v) is 7.29. The molecule has 8 nitrogen and oxygen atoms in total. The van der Waals surface area contributed by atoms with Crippen molar-refractivity contribution in [2.24, 2.45) is 0 Å². The highest BCUT2D eigenvalue weighted by atomic mass is 16.5. The molecule has 4 heterocycles. The van der Waals surface area contributed by atoms with E-state index < -0.39 is 0 Å². The van der Waals surface area contributed by atoms with Gasteiger partial charge in [0, 0.05) is 43.7 Å². The first-order valence-corrected chi connectivity index (χ1v) is 10.0. The number of rotatable bonds is 4. The highest BCUT2D eigenvalue weighted by Gasteiger charge is 2.24. The fourth-order valence-electron chi connectivity index (χ4n) is 4.06. The lowest BCUT2D eigenvalue weighted by Gasteiger charge is -2.28. The summed E-state index contributed by atoms with van der Waals surface area (Å²) in [7, 11) is 3.20. The lowest BCUT2D eigenvalue weighted by atomic mass is 10.0. The number of methoxy groups -OCH3 is 2. The Bertz CT molecular complexity index is 1260. The van der Waals surface area contributed by atoms with Gasteiger partial charge in [0.05, 0.1) is 36.4 Å². The maximum Gasteiger partial charge on any atom is 0.228 e. The van der Waals surface area contributed by atoms with Gasteiger partial charge in [-0.3, -0.25) is 9.97 Å². The maximum absolute atomic E-state index is 6.50. The fourth-order valence-corrected chi connectivity index (χ4v) is 4.06. The number of anilines is 2. The second kappa shape index (κ2) is 7.71. The third-order valence-corrected chi connectivity index (χ3v) is 5.51. The Balaban J connectivity index is 1.69. The number of aromatic nitrogens is 4. The number of nitrogen functional groups attached to an aromatic ring is 1. The van der Waals surface area contributed by atoms with Crippen molar-refractivity contribution >= 4 is 22.7 Å². The van der Waals surface area contributed by atoms with Crippen molar-refractivity contribution in [1.29, 1.82) is 0 Å². The van der Waals surface area contributed by atoms with Crippen LogP contribution in [0.5, 0.6) is 11.5 Å². The second-order valence-electron chi connectivity index (χ2n) is 7.29. The van der Waals surface area contributed by atoms with E-state index in [1.807, 2.05) is 36.5 Å². The standard InChI is InChI=1S/C23H22N6O2/c1-30-18-12-17-20(19(21(18)31-2)16-7-3-4-9-26-16)22(24)28-23(27-17)29-11-8-15-14(13-29)6-5-10-25-15/h3-7,9-10,12H,8,11,13H2,1-2H3,(H2,24,27,28). The smallest absolute Gasteiger partial charge is 0.228 e. The first-order valence-electron chi connectivity index (χ1n) is 10.0. The summed E-state index contributed by atoms with van der Waals surface area (Å²) in [5, 5.41) is 0.694. The van der Waals surface area contributed by atoms with Crippen LogP contribution in [0.3, 0.4) is 0 Å². The van der Waals surface area contributed by atoms with Crippen LogP contribution in [0.25, 0.3) is 22.2 Å². The molecule has 0 saturated heterocycles. The quantitative estimate of drug-likeness (QED) is 0.543. The minimum Gasteiger partial charge on any atom is -0.493 e. The largest absolute Gasteiger partial charge is 0.493 e. The molecular weight excluding hydrogens is 392 g/mol. The topological polar surface area (TPSA) is 99.3 Å². The zero-order chi connectivity index (χ0) is 21.4. The normalized spacial score (nSPS) is 13.2. The molecule has 2 N–H and O–H groups in total. The Morgan fingerprint density at radius 1 is 1.00 bits per heavy atom. The van der Waals surface area contributed by atoms with Gasteiger partial charge in [0.1, 0.15) is 5.82 Å². The predicted octanol–water partition coefficient (Wildman–Crippen LogP) is 3.25. The van der Waals surface area contributed by atoms with E-state index >= 15 is 0 Å². The van der Waals surface area contributed by atoms with Crippen molar-refractivity contribution in [1.82, 2.24) is 19.9 Å². The van der Waals surface area contributed by atoms with Crippen molar-refractivity contribution in [3.8, 4) is 22.8 Å². The molecule has 0 unspecified atom stereocenters. The maximum atomic E-state index is 6.50. The summed E-state index contributed by atoms with van der Waals surface area (Å²) < 4.78 is 11.3. The summed E-state index contributed by atoms with van der Waals surface area (Å²) in [6, 6.07) is 11.6. The van der Waals surface area contributed by atoms with Gasteiger partial charge in [-0.15, -0.1) is 0 Å². The molecule has 31 heavy (non-hydrogen) atoms. The molecule has 0 atom stereocenters. The van der Waals surface area contributed by atoms with Crippen LogP contribution in [0, 0.1) is 0 Å². The molecule has 3 aromatic heterocycles. The first kappa shape index (κ1) is 19.0. The highest BCUT2D eigenvalue weighted by Crippen LogP contribution is 2.44. The number of hydrogen-bond donors (Lipinski definition) is 1. The number of nitrogens with zero attached hydrogens (tertiary/aromatic N) is 5. The third-order valence-electron chi connectivity index (χ3n) is 5.51. The van der Waals surface area contributed by atoms with E-state index in [2.05, 4.69) is 25.9 Å². The third kappa shape index (κ3) is 3.26. The van der Waals surface area contributed by atoms with Gasteiger partial charge in [0.15, 0.2) is 11.5 Å². The zero-order valence-corrected chi connectivity index (χ0v) is 17.4. The summed E-state index contributed by atoms with van der Waals surface area (Å²) in [6.45, 7) is 1.46. The van der Waals surface area contributed by atoms with E-state index in [4.69, 9.17) is 20.2 Å². The molecule has 1 aliphatic heterocycles. The molecule has 4 aromatic rings. The van der Waals surface area contributed by atoms with E-state index in [1.54, 1.807) is 20.4 Å². The molecule has 0 radical (unpaired) electrons. The summed E-state index contributed by atoms with van der Waals surface area (Å²) in [6.07, 6.45) is 4.39. The molecule has 0 bridgehead atoms. The molecule has 5 rings (SSSR count). The lowest BCUT2D eigenvalue weighted by Crippen LogP contribution is -2.32. The molecule has 156 valence electrons. The van der Waals surface area contributed by atoms with Gasteiger partial charge in [-0.25, -0.2) is 4.98 Å². The number of pyridine rings is 2. The van der Waals surface area contributed by atoms with Crippen molar-refractivity contribution in [3.05, 3.63) is 60.0 Å². The molecule has 0 aliphatic carbocycles. The Morgan fingerprint density at radius 2 is 1.87 bits per heavy atom. The molecule has 1 aliphatic rings. The lowest BCUT2D eigenvalue weighted by molar-refractivity contribution is 0.357. The number of fused-ring (bicyclic) bond motifs is 2. The first-order chi connectivity index (χ1) is 15.2. The van der Waals surface area contributed by atoms with Gasteiger partial charge in [-0.1, -0.05) is 12.1 Å². The Labute approximate surface area is 179 Å². The van der Waals surface area contributed by atoms with Gasteiger partial charge in [0.2, 0.25) is 5.95 Å². The Morgan fingerprint density at radius 3 is 2.65 bits per heavy atom. The van der Waals surface area contributed by atoms with Crippen LogP contribution < -0.4 is 20.1 Å². The molecule has 0 fully saturated rings.